The highest BCUT2D eigenvalue weighted by Crippen LogP contribution is 2.11. The molecule has 0 saturated carbocycles. The van der Waals surface area contributed by atoms with E-state index in [0.29, 0.717) is 16.7 Å². The zero-order chi connectivity index (χ0) is 18.4. The van der Waals surface area contributed by atoms with Gasteiger partial charge in [-0.3, -0.25) is 9.59 Å². The third-order valence-electron chi connectivity index (χ3n) is 3.79. The van der Waals surface area contributed by atoms with Crippen LogP contribution in [-0.2, 0) is 0 Å². The molecule has 0 aromatic heterocycles. The molecule has 0 aliphatic carbocycles. The Balaban J connectivity index is 1.75. The predicted octanol–water partition coefficient (Wildman–Crippen LogP) is 4.13. The smallest absolute Gasteiger partial charge is 0.233 e. The molecule has 0 radical (unpaired) electrons. The number of carbonyl (C=O) groups excluding carboxylic acids is 2. The van der Waals surface area contributed by atoms with Gasteiger partial charge in [-0.25, -0.2) is 0 Å². The van der Waals surface area contributed by atoms with Crippen molar-refractivity contribution < 1.29 is 9.59 Å². The van der Waals surface area contributed by atoms with Crippen LogP contribution in [0.4, 0.5) is 0 Å². The first-order valence-electron chi connectivity index (χ1n) is 8.00. The Morgan fingerprint density at radius 1 is 0.577 bits per heavy atom. The van der Waals surface area contributed by atoms with Gasteiger partial charge in [0.25, 0.3) is 0 Å². The van der Waals surface area contributed by atoms with Crippen molar-refractivity contribution in [3.8, 4) is 24.2 Å². The summed E-state index contributed by atoms with van der Waals surface area (Å²) in [6.45, 7) is 0. The molecule has 0 bridgehead atoms. The number of hydrogen-bond acceptors (Lipinski definition) is 2. The number of terminal acetylenes is 1. The molecule has 26 heavy (non-hydrogen) atoms. The van der Waals surface area contributed by atoms with Crippen LogP contribution in [0, 0.1) is 24.2 Å². The second kappa shape index (κ2) is 7.79. The van der Waals surface area contributed by atoms with Crippen LogP contribution < -0.4 is 0 Å². The molecule has 0 heterocycles. The van der Waals surface area contributed by atoms with E-state index in [4.69, 9.17) is 6.42 Å². The normalized spacial score (nSPS) is 9.50. The molecule has 0 spiro atoms. The van der Waals surface area contributed by atoms with Crippen molar-refractivity contribution in [3.63, 3.8) is 0 Å². The lowest BCUT2D eigenvalue weighted by Crippen LogP contribution is -2.14. The van der Waals surface area contributed by atoms with Gasteiger partial charge in [-0.05, 0) is 60.7 Å². The molecule has 0 N–H and O–H groups in total. The maximum Gasteiger partial charge on any atom is 0.233 e. The van der Waals surface area contributed by atoms with Gasteiger partial charge in [0, 0.05) is 27.8 Å². The van der Waals surface area contributed by atoms with Crippen LogP contribution in [0.15, 0.2) is 78.9 Å². The summed E-state index contributed by atoms with van der Waals surface area (Å²) in [6, 6.07) is 22.7. The van der Waals surface area contributed by atoms with E-state index in [9.17, 15) is 9.59 Å². The van der Waals surface area contributed by atoms with Crippen LogP contribution in [0.3, 0.4) is 0 Å². The van der Waals surface area contributed by atoms with Gasteiger partial charge < -0.3 is 0 Å². The van der Waals surface area contributed by atoms with Crippen molar-refractivity contribution in [1.29, 1.82) is 0 Å². The van der Waals surface area contributed by atoms with Crippen molar-refractivity contribution in [3.05, 3.63) is 107 Å². The van der Waals surface area contributed by atoms with Crippen LogP contribution in [-0.4, -0.2) is 11.6 Å². The summed E-state index contributed by atoms with van der Waals surface area (Å²) in [6.07, 6.45) is 5.29. The van der Waals surface area contributed by atoms with E-state index in [1.807, 2.05) is 30.3 Å². The van der Waals surface area contributed by atoms with Crippen LogP contribution >= 0.6 is 0 Å². The summed E-state index contributed by atoms with van der Waals surface area (Å²) >= 11 is 0. The van der Waals surface area contributed by atoms with Gasteiger partial charge >= 0.3 is 0 Å². The van der Waals surface area contributed by atoms with E-state index in [2.05, 4.69) is 17.8 Å². The molecule has 0 aliphatic heterocycles. The van der Waals surface area contributed by atoms with E-state index in [0.717, 1.165) is 11.1 Å². The van der Waals surface area contributed by atoms with Gasteiger partial charge in [-0.15, -0.1) is 6.42 Å². The Hall–Kier alpha value is -3.88. The first kappa shape index (κ1) is 17.0. The van der Waals surface area contributed by atoms with Gasteiger partial charge in [-0.1, -0.05) is 36.0 Å². The zero-order valence-electron chi connectivity index (χ0n) is 13.9. The number of carbonyl (C=O) groups is 2. The molecule has 122 valence electrons. The Labute approximate surface area is 152 Å². The highest BCUT2D eigenvalue weighted by molar-refractivity contribution is 6.49. The molecule has 3 rings (SSSR count). The lowest BCUT2D eigenvalue weighted by atomic mass is 10.00. The van der Waals surface area contributed by atoms with Crippen molar-refractivity contribution in [2.75, 3.05) is 0 Å². The summed E-state index contributed by atoms with van der Waals surface area (Å²) in [5.41, 5.74) is 3.01. The molecule has 0 aliphatic rings. The molecule has 0 amide bonds. The van der Waals surface area contributed by atoms with Gasteiger partial charge in [0.05, 0.1) is 0 Å². The second-order valence-electron chi connectivity index (χ2n) is 5.57. The fourth-order valence-corrected chi connectivity index (χ4v) is 2.35. The fourth-order valence-electron chi connectivity index (χ4n) is 2.35. The number of rotatable bonds is 3. The SMILES string of the molecule is C#Cc1ccc(C(=O)C(=O)c2ccc(C#Cc3ccccc3)cc2)cc1. The van der Waals surface area contributed by atoms with Gasteiger partial charge in [0.2, 0.25) is 11.6 Å². The molecule has 3 aromatic carbocycles. The third kappa shape index (κ3) is 3.96. The average molecular weight is 334 g/mol. The Morgan fingerprint density at radius 3 is 1.46 bits per heavy atom. The average Bonchev–Trinajstić information content (AvgIpc) is 2.72. The first-order valence-corrected chi connectivity index (χ1v) is 8.00. The fraction of sp³-hybridized carbons (Fsp3) is 0. The van der Waals surface area contributed by atoms with Gasteiger partial charge in [0.1, 0.15) is 0 Å². The number of Topliss-reactive ketones (excluding diaryl/α,β-unsaturated/α-hetero) is 2. The van der Waals surface area contributed by atoms with Crippen molar-refractivity contribution >= 4 is 11.6 Å². The van der Waals surface area contributed by atoms with Crippen LogP contribution in [0.5, 0.6) is 0 Å². The molecule has 0 saturated heterocycles. The van der Waals surface area contributed by atoms with Crippen LogP contribution in [0.25, 0.3) is 0 Å². The van der Waals surface area contributed by atoms with E-state index < -0.39 is 11.6 Å². The van der Waals surface area contributed by atoms with E-state index in [-0.39, 0.29) is 0 Å². The monoisotopic (exact) mass is 334 g/mol. The molecule has 2 heteroatoms. The summed E-state index contributed by atoms with van der Waals surface area (Å²) in [5.74, 6) is 7.45. The standard InChI is InChI=1S/C24H14O2/c1-2-18-10-14-21(15-11-18)23(25)24(26)22-16-12-20(13-17-22)9-8-19-6-4-3-5-7-19/h1,3-7,10-17H. The van der Waals surface area contributed by atoms with Crippen molar-refractivity contribution in [2.45, 2.75) is 0 Å². The molecule has 0 unspecified atom stereocenters. The number of ketones is 2. The molecule has 2 nitrogen and oxygen atoms in total. The third-order valence-corrected chi connectivity index (χ3v) is 3.79. The highest BCUT2D eigenvalue weighted by Gasteiger charge is 2.17. The minimum absolute atomic E-state index is 0.321. The second-order valence-corrected chi connectivity index (χ2v) is 5.57. The Kier molecular flexibility index (Phi) is 5.08. The predicted molar refractivity (Wildman–Crippen MR) is 102 cm³/mol. The minimum Gasteiger partial charge on any atom is -0.285 e. The lowest BCUT2D eigenvalue weighted by molar-refractivity contribution is 0.0817. The van der Waals surface area contributed by atoms with Crippen LogP contribution in [0.1, 0.15) is 37.4 Å². The molecular weight excluding hydrogens is 320 g/mol. The molecule has 0 fully saturated rings. The van der Waals surface area contributed by atoms with E-state index in [1.54, 1.807) is 48.5 Å². The minimum atomic E-state index is -0.559. The Morgan fingerprint density at radius 2 is 1.00 bits per heavy atom. The highest BCUT2D eigenvalue weighted by atomic mass is 16.2. The largest absolute Gasteiger partial charge is 0.285 e. The van der Waals surface area contributed by atoms with Crippen LogP contribution in [0.2, 0.25) is 0 Å². The zero-order valence-corrected chi connectivity index (χ0v) is 13.9. The summed E-state index contributed by atoms with van der Waals surface area (Å²) in [5, 5.41) is 0. The topological polar surface area (TPSA) is 34.1 Å². The van der Waals surface area contributed by atoms with Gasteiger partial charge in [-0.2, -0.15) is 0 Å². The summed E-state index contributed by atoms with van der Waals surface area (Å²) in [7, 11) is 0. The van der Waals surface area contributed by atoms with Crippen molar-refractivity contribution in [2.24, 2.45) is 0 Å². The van der Waals surface area contributed by atoms with E-state index in [1.165, 1.54) is 0 Å². The maximum absolute atomic E-state index is 12.4. The maximum atomic E-state index is 12.4. The number of benzene rings is 3. The van der Waals surface area contributed by atoms with Gasteiger partial charge in [0.15, 0.2) is 0 Å². The van der Waals surface area contributed by atoms with E-state index >= 15 is 0 Å². The summed E-state index contributed by atoms with van der Waals surface area (Å²) < 4.78 is 0. The molecule has 0 atom stereocenters. The van der Waals surface area contributed by atoms with Crippen molar-refractivity contribution in [1.82, 2.24) is 0 Å². The Bertz CT molecular complexity index is 1040. The first-order chi connectivity index (χ1) is 12.7. The summed E-state index contributed by atoms with van der Waals surface area (Å²) in [4.78, 5) is 24.7. The lowest BCUT2D eigenvalue weighted by Gasteiger charge is -2.01. The quantitative estimate of drug-likeness (QED) is 0.410. The molecular formula is C24H14O2. The number of hydrogen-bond donors (Lipinski definition) is 0. The molecule has 3 aromatic rings.